The minimum atomic E-state index is -3.76. The van der Waals surface area contributed by atoms with Gasteiger partial charge in [-0.25, -0.2) is 8.42 Å². The molecule has 0 radical (unpaired) electrons. The molecule has 0 heterocycles. The van der Waals surface area contributed by atoms with Crippen molar-refractivity contribution in [3.05, 3.63) is 57.0 Å². The highest BCUT2D eigenvalue weighted by atomic mass is 79.9. The third-order valence-corrected chi connectivity index (χ3v) is 6.98. The quantitative estimate of drug-likeness (QED) is 0.681. The maximum Gasteiger partial charge on any atom is 0.255 e. The molecule has 0 unspecified atom stereocenters. The van der Waals surface area contributed by atoms with E-state index in [1.807, 2.05) is 19.1 Å². The number of hydrogen-bond donors (Lipinski definition) is 1. The molecule has 0 aliphatic carbocycles. The standard InChI is InChI=1S/C18H20BrClN2O3S/c1-4-22(5-2)26(24,25)17-11-13(6-8-15(17)20)18(23)21-16-9-7-14(19)10-12(16)3/h6-11H,4-5H2,1-3H3,(H,21,23). The van der Waals surface area contributed by atoms with Crippen LogP contribution >= 0.6 is 27.5 Å². The number of benzene rings is 2. The van der Waals surface area contributed by atoms with E-state index in [9.17, 15) is 13.2 Å². The summed E-state index contributed by atoms with van der Waals surface area (Å²) in [5, 5.41) is 2.89. The summed E-state index contributed by atoms with van der Waals surface area (Å²) in [6.07, 6.45) is 0. The zero-order valence-electron chi connectivity index (χ0n) is 14.7. The summed E-state index contributed by atoms with van der Waals surface area (Å²) in [5.41, 5.74) is 1.77. The van der Waals surface area contributed by atoms with E-state index in [1.165, 1.54) is 22.5 Å². The fraction of sp³-hybridized carbons (Fsp3) is 0.278. The molecule has 5 nitrogen and oxygen atoms in total. The van der Waals surface area contributed by atoms with E-state index in [4.69, 9.17) is 11.6 Å². The number of anilines is 1. The van der Waals surface area contributed by atoms with Gasteiger partial charge in [0.1, 0.15) is 4.90 Å². The number of nitrogens with one attached hydrogen (secondary N) is 1. The third-order valence-electron chi connectivity index (χ3n) is 3.95. The monoisotopic (exact) mass is 458 g/mol. The van der Waals surface area contributed by atoms with Gasteiger partial charge in [-0.2, -0.15) is 4.31 Å². The summed E-state index contributed by atoms with van der Waals surface area (Å²) in [5.74, 6) is -0.400. The first-order valence-corrected chi connectivity index (χ1v) is 10.7. The van der Waals surface area contributed by atoms with E-state index in [1.54, 1.807) is 19.9 Å². The summed E-state index contributed by atoms with van der Waals surface area (Å²) in [6.45, 7) is 6.02. The Hall–Kier alpha value is -1.41. The van der Waals surface area contributed by atoms with E-state index in [-0.39, 0.29) is 15.5 Å². The maximum absolute atomic E-state index is 12.7. The molecule has 0 bridgehead atoms. The number of nitrogens with zero attached hydrogens (tertiary/aromatic N) is 1. The van der Waals surface area contributed by atoms with Crippen molar-refractivity contribution >= 4 is 49.1 Å². The van der Waals surface area contributed by atoms with Crippen molar-refractivity contribution in [2.75, 3.05) is 18.4 Å². The van der Waals surface area contributed by atoms with Crippen LogP contribution in [0.4, 0.5) is 5.69 Å². The molecule has 2 aromatic carbocycles. The first-order chi connectivity index (χ1) is 12.2. The number of aryl methyl sites for hydroxylation is 1. The molecule has 140 valence electrons. The van der Waals surface area contributed by atoms with Crippen molar-refractivity contribution in [1.29, 1.82) is 0 Å². The van der Waals surface area contributed by atoms with Crippen molar-refractivity contribution in [1.82, 2.24) is 4.31 Å². The summed E-state index contributed by atoms with van der Waals surface area (Å²) in [6, 6.07) is 9.74. The molecule has 0 spiro atoms. The van der Waals surface area contributed by atoms with Crippen LogP contribution in [-0.4, -0.2) is 31.7 Å². The molecule has 0 fully saturated rings. The van der Waals surface area contributed by atoms with Crippen molar-refractivity contribution < 1.29 is 13.2 Å². The second-order valence-electron chi connectivity index (χ2n) is 5.65. The normalized spacial score (nSPS) is 11.6. The zero-order valence-corrected chi connectivity index (χ0v) is 17.9. The average Bonchev–Trinajstić information content (AvgIpc) is 2.58. The summed E-state index contributed by atoms with van der Waals surface area (Å²) < 4.78 is 27.7. The maximum atomic E-state index is 12.7. The largest absolute Gasteiger partial charge is 0.322 e. The Morgan fingerprint density at radius 3 is 2.38 bits per heavy atom. The number of carbonyl (C=O) groups excluding carboxylic acids is 1. The molecule has 0 aliphatic heterocycles. The van der Waals surface area contributed by atoms with Gasteiger partial charge >= 0.3 is 0 Å². The average molecular weight is 460 g/mol. The summed E-state index contributed by atoms with van der Waals surface area (Å²) >= 11 is 9.48. The molecule has 0 aromatic heterocycles. The van der Waals surface area contributed by atoms with Gasteiger partial charge in [-0.05, 0) is 48.9 Å². The number of hydrogen-bond acceptors (Lipinski definition) is 3. The number of carbonyl (C=O) groups is 1. The zero-order chi connectivity index (χ0) is 19.5. The van der Waals surface area contributed by atoms with Crippen molar-refractivity contribution in [3.8, 4) is 0 Å². The molecule has 26 heavy (non-hydrogen) atoms. The minimum Gasteiger partial charge on any atom is -0.322 e. The molecular weight excluding hydrogens is 440 g/mol. The third kappa shape index (κ3) is 4.46. The van der Waals surface area contributed by atoms with Gasteiger partial charge in [0.2, 0.25) is 10.0 Å². The molecule has 2 rings (SSSR count). The van der Waals surface area contributed by atoms with Crippen LogP contribution in [-0.2, 0) is 10.0 Å². The molecular formula is C18H20BrClN2O3S. The Morgan fingerprint density at radius 2 is 1.81 bits per heavy atom. The topological polar surface area (TPSA) is 66.5 Å². The smallest absolute Gasteiger partial charge is 0.255 e. The first-order valence-electron chi connectivity index (χ1n) is 8.07. The molecule has 8 heteroatoms. The number of rotatable bonds is 6. The lowest BCUT2D eigenvalue weighted by molar-refractivity contribution is 0.102. The first kappa shape index (κ1) is 20.9. The van der Waals surface area contributed by atoms with Crippen LogP contribution in [0.1, 0.15) is 29.8 Å². The lowest BCUT2D eigenvalue weighted by Gasteiger charge is -2.19. The van der Waals surface area contributed by atoms with Crippen LogP contribution in [0.5, 0.6) is 0 Å². The predicted molar refractivity (Wildman–Crippen MR) is 108 cm³/mol. The number of sulfonamides is 1. The van der Waals surface area contributed by atoms with E-state index >= 15 is 0 Å². The number of halogens is 2. The van der Waals surface area contributed by atoms with Gasteiger partial charge in [-0.1, -0.05) is 41.4 Å². The predicted octanol–water partition coefficient (Wildman–Crippen LogP) is 4.69. The van der Waals surface area contributed by atoms with Gasteiger partial charge in [0.05, 0.1) is 5.02 Å². The van der Waals surface area contributed by atoms with Crippen LogP contribution in [0.25, 0.3) is 0 Å². The molecule has 0 aliphatic rings. The highest BCUT2D eigenvalue weighted by molar-refractivity contribution is 9.10. The molecule has 0 atom stereocenters. The van der Waals surface area contributed by atoms with E-state index in [0.29, 0.717) is 18.8 Å². The van der Waals surface area contributed by atoms with Crippen LogP contribution in [0.3, 0.4) is 0 Å². The minimum absolute atomic E-state index is 0.0666. The molecule has 2 aromatic rings. The van der Waals surface area contributed by atoms with Crippen molar-refractivity contribution in [2.24, 2.45) is 0 Å². The van der Waals surface area contributed by atoms with Gasteiger partial charge in [-0.3, -0.25) is 4.79 Å². The van der Waals surface area contributed by atoms with Gasteiger partial charge in [0.15, 0.2) is 0 Å². The Balaban J connectivity index is 2.38. The van der Waals surface area contributed by atoms with E-state index in [0.717, 1.165) is 10.0 Å². The molecule has 1 N–H and O–H groups in total. The Bertz CT molecular complexity index is 928. The summed E-state index contributed by atoms with van der Waals surface area (Å²) in [4.78, 5) is 12.5. The van der Waals surface area contributed by atoms with Crippen LogP contribution in [0, 0.1) is 6.92 Å². The lowest BCUT2D eigenvalue weighted by Crippen LogP contribution is -2.31. The second-order valence-corrected chi connectivity index (χ2v) is 8.88. The van der Waals surface area contributed by atoms with Crippen LogP contribution in [0.2, 0.25) is 5.02 Å². The molecule has 0 saturated heterocycles. The Labute approximate surface area is 167 Å². The van der Waals surface area contributed by atoms with E-state index < -0.39 is 15.9 Å². The Kier molecular flexibility index (Phi) is 6.85. The van der Waals surface area contributed by atoms with Crippen LogP contribution in [0.15, 0.2) is 45.8 Å². The Morgan fingerprint density at radius 1 is 1.15 bits per heavy atom. The lowest BCUT2D eigenvalue weighted by atomic mass is 10.1. The fourth-order valence-electron chi connectivity index (χ4n) is 2.51. The number of amides is 1. The van der Waals surface area contributed by atoms with Gasteiger partial charge < -0.3 is 5.32 Å². The van der Waals surface area contributed by atoms with Gasteiger partial charge in [0, 0.05) is 28.8 Å². The molecule has 1 amide bonds. The fourth-order valence-corrected chi connectivity index (χ4v) is 4.94. The molecule has 0 saturated carbocycles. The summed E-state index contributed by atoms with van der Waals surface area (Å²) in [7, 11) is -3.76. The van der Waals surface area contributed by atoms with Gasteiger partial charge in [0.25, 0.3) is 5.91 Å². The van der Waals surface area contributed by atoms with Crippen LogP contribution < -0.4 is 5.32 Å². The second kappa shape index (κ2) is 8.52. The highest BCUT2D eigenvalue weighted by Crippen LogP contribution is 2.27. The van der Waals surface area contributed by atoms with Gasteiger partial charge in [-0.15, -0.1) is 0 Å². The SMILES string of the molecule is CCN(CC)S(=O)(=O)c1cc(C(=O)Nc2ccc(Br)cc2C)ccc1Cl. The van der Waals surface area contributed by atoms with Crippen molar-refractivity contribution in [2.45, 2.75) is 25.7 Å². The van der Waals surface area contributed by atoms with Crippen molar-refractivity contribution in [3.63, 3.8) is 0 Å². The highest BCUT2D eigenvalue weighted by Gasteiger charge is 2.25. The van der Waals surface area contributed by atoms with E-state index in [2.05, 4.69) is 21.2 Å².